The van der Waals surface area contributed by atoms with E-state index in [9.17, 15) is 4.79 Å². The van der Waals surface area contributed by atoms with Crippen molar-refractivity contribution in [1.29, 1.82) is 0 Å². The molecule has 0 spiro atoms. The van der Waals surface area contributed by atoms with E-state index >= 15 is 0 Å². The SMILES string of the molecule is NC(=Nc1ccccc1)c1cc(N2CCOCC2)n[nH]c1=O. The van der Waals surface area contributed by atoms with Gasteiger partial charge in [-0.15, -0.1) is 0 Å². The topological polar surface area (TPSA) is 96.6 Å². The molecule has 1 aromatic carbocycles. The van der Waals surface area contributed by atoms with Crippen LogP contribution in [0.15, 0.2) is 46.2 Å². The first-order valence-electron chi connectivity index (χ1n) is 7.06. The molecule has 7 heteroatoms. The maximum absolute atomic E-state index is 12.0. The molecule has 3 N–H and O–H groups in total. The van der Waals surface area contributed by atoms with Crippen molar-refractivity contribution in [1.82, 2.24) is 10.2 Å². The minimum atomic E-state index is -0.353. The first kappa shape index (κ1) is 14.3. The largest absolute Gasteiger partial charge is 0.383 e. The Hall–Kier alpha value is -2.67. The number of ether oxygens (including phenoxy) is 1. The number of rotatable bonds is 3. The van der Waals surface area contributed by atoms with Crippen LogP contribution in [-0.4, -0.2) is 42.3 Å². The van der Waals surface area contributed by atoms with Gasteiger partial charge in [-0.3, -0.25) is 4.79 Å². The molecule has 7 nitrogen and oxygen atoms in total. The molecule has 1 aliphatic heterocycles. The fourth-order valence-electron chi connectivity index (χ4n) is 2.24. The molecule has 0 radical (unpaired) electrons. The molecule has 2 aromatic rings. The van der Waals surface area contributed by atoms with Gasteiger partial charge in [0.2, 0.25) is 0 Å². The first-order chi connectivity index (χ1) is 10.7. The monoisotopic (exact) mass is 299 g/mol. The summed E-state index contributed by atoms with van der Waals surface area (Å²) in [6.07, 6.45) is 0. The molecule has 1 fully saturated rings. The Morgan fingerprint density at radius 2 is 2.00 bits per heavy atom. The van der Waals surface area contributed by atoms with Gasteiger partial charge in [-0.25, -0.2) is 10.1 Å². The Labute approximate surface area is 127 Å². The van der Waals surface area contributed by atoms with E-state index in [2.05, 4.69) is 15.2 Å². The van der Waals surface area contributed by atoms with Gasteiger partial charge in [0.05, 0.1) is 24.5 Å². The number of aromatic amines is 1. The lowest BCUT2D eigenvalue weighted by molar-refractivity contribution is 0.122. The molecule has 22 heavy (non-hydrogen) atoms. The highest BCUT2D eigenvalue weighted by molar-refractivity contribution is 5.99. The average molecular weight is 299 g/mol. The standard InChI is InChI=1S/C15H17N5O2/c16-14(17-11-4-2-1-3-5-11)12-10-13(18-19-15(12)21)20-6-8-22-9-7-20/h1-5,10H,6-9H2,(H2,16,17)(H,19,21). The highest BCUT2D eigenvalue weighted by atomic mass is 16.5. The van der Waals surface area contributed by atoms with Crippen molar-refractivity contribution in [2.45, 2.75) is 0 Å². The lowest BCUT2D eigenvalue weighted by Gasteiger charge is -2.27. The van der Waals surface area contributed by atoms with Crippen LogP contribution in [0, 0.1) is 0 Å². The van der Waals surface area contributed by atoms with Gasteiger partial charge in [-0.05, 0) is 18.2 Å². The molecule has 1 aliphatic rings. The van der Waals surface area contributed by atoms with Crippen molar-refractivity contribution >= 4 is 17.3 Å². The number of nitrogens with one attached hydrogen (secondary N) is 1. The Kier molecular flexibility index (Phi) is 4.15. The Morgan fingerprint density at radius 3 is 2.73 bits per heavy atom. The minimum Gasteiger partial charge on any atom is -0.383 e. The summed E-state index contributed by atoms with van der Waals surface area (Å²) in [5.74, 6) is 0.841. The van der Waals surface area contributed by atoms with Crippen LogP contribution in [0.4, 0.5) is 11.5 Å². The third kappa shape index (κ3) is 3.15. The summed E-state index contributed by atoms with van der Waals surface area (Å²) in [6.45, 7) is 2.75. The molecule has 1 saturated heterocycles. The molecule has 0 atom stereocenters. The predicted octanol–water partition coefficient (Wildman–Crippen LogP) is 0.643. The summed E-state index contributed by atoms with van der Waals surface area (Å²) < 4.78 is 5.31. The molecule has 0 aliphatic carbocycles. The number of morpholine rings is 1. The maximum Gasteiger partial charge on any atom is 0.275 e. The van der Waals surface area contributed by atoms with Crippen LogP contribution >= 0.6 is 0 Å². The van der Waals surface area contributed by atoms with E-state index in [0.717, 1.165) is 13.1 Å². The van der Waals surface area contributed by atoms with Crippen molar-refractivity contribution in [2.24, 2.45) is 10.7 Å². The zero-order valence-electron chi connectivity index (χ0n) is 12.0. The molecule has 0 bridgehead atoms. The van der Waals surface area contributed by atoms with Gasteiger partial charge < -0.3 is 15.4 Å². The number of nitrogens with zero attached hydrogens (tertiary/aromatic N) is 3. The molecule has 0 amide bonds. The van der Waals surface area contributed by atoms with E-state index in [1.807, 2.05) is 35.2 Å². The van der Waals surface area contributed by atoms with E-state index in [-0.39, 0.29) is 11.4 Å². The van der Waals surface area contributed by atoms with E-state index in [1.165, 1.54) is 0 Å². The first-order valence-corrected chi connectivity index (χ1v) is 7.06. The Morgan fingerprint density at radius 1 is 1.27 bits per heavy atom. The normalized spacial score (nSPS) is 15.8. The van der Waals surface area contributed by atoms with Gasteiger partial charge in [0, 0.05) is 13.1 Å². The van der Waals surface area contributed by atoms with Crippen LogP contribution in [0.25, 0.3) is 0 Å². The van der Waals surface area contributed by atoms with Gasteiger partial charge >= 0.3 is 0 Å². The average Bonchev–Trinajstić information content (AvgIpc) is 2.57. The smallest absolute Gasteiger partial charge is 0.275 e. The zero-order chi connectivity index (χ0) is 15.4. The van der Waals surface area contributed by atoms with Crippen molar-refractivity contribution in [3.05, 3.63) is 52.3 Å². The molecular formula is C15H17N5O2. The lowest BCUT2D eigenvalue weighted by atomic mass is 10.2. The Balaban J connectivity index is 1.92. The maximum atomic E-state index is 12.0. The van der Waals surface area contributed by atoms with Crippen LogP contribution in [0.3, 0.4) is 0 Å². The van der Waals surface area contributed by atoms with Crippen LogP contribution < -0.4 is 16.2 Å². The van der Waals surface area contributed by atoms with E-state index < -0.39 is 0 Å². The number of H-pyrrole nitrogens is 1. The molecule has 1 aromatic heterocycles. The van der Waals surface area contributed by atoms with E-state index in [0.29, 0.717) is 30.3 Å². The number of aliphatic imine (C=N–C) groups is 1. The van der Waals surface area contributed by atoms with Crippen LogP contribution in [0.1, 0.15) is 5.56 Å². The molecular weight excluding hydrogens is 282 g/mol. The second kappa shape index (κ2) is 6.40. The summed E-state index contributed by atoms with van der Waals surface area (Å²) in [5.41, 5.74) is 6.65. The third-order valence-electron chi connectivity index (χ3n) is 3.41. The van der Waals surface area contributed by atoms with Crippen molar-refractivity contribution in [3.8, 4) is 0 Å². The van der Waals surface area contributed by atoms with Crippen molar-refractivity contribution < 1.29 is 4.74 Å². The summed E-state index contributed by atoms with van der Waals surface area (Å²) in [7, 11) is 0. The predicted molar refractivity (Wildman–Crippen MR) is 84.7 cm³/mol. The quantitative estimate of drug-likeness (QED) is 0.640. The number of anilines is 1. The second-order valence-electron chi connectivity index (χ2n) is 4.90. The van der Waals surface area contributed by atoms with Crippen LogP contribution in [-0.2, 0) is 4.74 Å². The van der Waals surface area contributed by atoms with E-state index in [1.54, 1.807) is 6.07 Å². The van der Waals surface area contributed by atoms with Gasteiger partial charge in [0.25, 0.3) is 5.56 Å². The van der Waals surface area contributed by atoms with Gasteiger partial charge in [-0.1, -0.05) is 18.2 Å². The lowest BCUT2D eigenvalue weighted by Crippen LogP contribution is -2.38. The highest BCUT2D eigenvalue weighted by Crippen LogP contribution is 2.14. The fraction of sp³-hybridized carbons (Fsp3) is 0.267. The van der Waals surface area contributed by atoms with Crippen molar-refractivity contribution in [3.63, 3.8) is 0 Å². The summed E-state index contributed by atoms with van der Waals surface area (Å²) >= 11 is 0. The molecule has 0 unspecified atom stereocenters. The molecule has 0 saturated carbocycles. The number of hydrogen-bond donors (Lipinski definition) is 2. The fourth-order valence-corrected chi connectivity index (χ4v) is 2.24. The number of hydrogen-bond acceptors (Lipinski definition) is 5. The zero-order valence-corrected chi connectivity index (χ0v) is 12.0. The highest BCUT2D eigenvalue weighted by Gasteiger charge is 2.15. The Bertz CT molecular complexity index is 720. The van der Waals surface area contributed by atoms with Gasteiger partial charge in [0.1, 0.15) is 11.7 Å². The number of nitrogens with two attached hydrogens (primary N) is 1. The summed E-state index contributed by atoms with van der Waals surface area (Å²) in [4.78, 5) is 18.3. The van der Waals surface area contributed by atoms with Gasteiger partial charge in [-0.2, -0.15) is 5.10 Å². The van der Waals surface area contributed by atoms with Crippen LogP contribution in [0.5, 0.6) is 0 Å². The molecule has 114 valence electrons. The molecule has 2 heterocycles. The van der Waals surface area contributed by atoms with Crippen molar-refractivity contribution in [2.75, 3.05) is 31.2 Å². The number of benzene rings is 1. The number of aromatic nitrogens is 2. The molecule has 3 rings (SSSR count). The van der Waals surface area contributed by atoms with Gasteiger partial charge in [0.15, 0.2) is 0 Å². The number of para-hydroxylation sites is 1. The summed E-state index contributed by atoms with van der Waals surface area (Å²) in [6, 6.07) is 10.9. The van der Waals surface area contributed by atoms with E-state index in [4.69, 9.17) is 10.5 Å². The summed E-state index contributed by atoms with van der Waals surface area (Å²) in [5, 5.41) is 6.56. The third-order valence-corrected chi connectivity index (χ3v) is 3.41. The second-order valence-corrected chi connectivity index (χ2v) is 4.90. The van der Waals surface area contributed by atoms with Crippen LogP contribution in [0.2, 0.25) is 0 Å². The minimum absolute atomic E-state index is 0.171. The number of amidine groups is 1.